The molecule has 1 N–H and O–H groups in total. The van der Waals surface area contributed by atoms with E-state index in [9.17, 15) is 4.79 Å². The number of imidazole rings is 1. The number of nitrogens with zero attached hydrogens (tertiary/aromatic N) is 3. The molecule has 1 aliphatic heterocycles. The number of halogens is 1. The number of hydrogen-bond donors (Lipinski definition) is 1. The minimum absolute atomic E-state index is 0.0499. The van der Waals surface area contributed by atoms with E-state index in [4.69, 9.17) is 11.6 Å². The molecule has 6 heteroatoms. The van der Waals surface area contributed by atoms with Crippen LogP contribution >= 0.6 is 11.6 Å². The Morgan fingerprint density at radius 2 is 2.20 bits per heavy atom. The highest BCUT2D eigenvalue weighted by atomic mass is 35.5. The first kappa shape index (κ1) is 13.1. The quantitative estimate of drug-likeness (QED) is 0.940. The topological polar surface area (TPSA) is 50.2 Å². The molecule has 0 unspecified atom stereocenters. The lowest BCUT2D eigenvalue weighted by Crippen LogP contribution is -2.38. The molecule has 3 rings (SSSR count). The van der Waals surface area contributed by atoms with Crippen LogP contribution in [0, 0.1) is 0 Å². The Hall–Kier alpha value is -1.85. The van der Waals surface area contributed by atoms with Crippen LogP contribution in [0.2, 0.25) is 5.02 Å². The second-order valence-corrected chi connectivity index (χ2v) is 5.22. The van der Waals surface area contributed by atoms with E-state index in [2.05, 4.69) is 19.8 Å². The minimum Gasteiger partial charge on any atom is -0.332 e. The van der Waals surface area contributed by atoms with Crippen molar-refractivity contribution in [2.24, 2.45) is 0 Å². The summed E-state index contributed by atoms with van der Waals surface area (Å²) in [6, 6.07) is 7.24. The number of hydrogen-bond acceptors (Lipinski definition) is 3. The summed E-state index contributed by atoms with van der Waals surface area (Å²) in [5.74, 6) is -0.0499. The van der Waals surface area contributed by atoms with Gasteiger partial charge in [0, 0.05) is 25.8 Å². The standard InChI is InChI=1S/C14H15ClN4O/c15-12-3-1-2-4-13(12)17-14(20)9-18-5-6-19-10-16-7-11(19)8-18/h1-4,7,10H,5-6,8-9H2,(H,17,20). The van der Waals surface area contributed by atoms with Crippen molar-refractivity contribution >= 4 is 23.2 Å². The monoisotopic (exact) mass is 290 g/mol. The fourth-order valence-electron chi connectivity index (χ4n) is 2.33. The number of carbonyl (C=O) groups excluding carboxylic acids is 1. The Balaban J connectivity index is 1.59. The molecule has 1 aromatic heterocycles. The molecular weight excluding hydrogens is 276 g/mol. The number of benzene rings is 1. The summed E-state index contributed by atoms with van der Waals surface area (Å²) in [4.78, 5) is 18.3. The van der Waals surface area contributed by atoms with Crippen LogP contribution < -0.4 is 5.32 Å². The summed E-state index contributed by atoms with van der Waals surface area (Å²) in [5, 5.41) is 3.39. The van der Waals surface area contributed by atoms with Crippen LogP contribution in [-0.2, 0) is 17.9 Å². The maximum absolute atomic E-state index is 12.0. The third-order valence-electron chi connectivity index (χ3n) is 3.36. The Bertz CT molecular complexity index is 625. The number of para-hydroxylation sites is 1. The van der Waals surface area contributed by atoms with Crippen molar-refractivity contribution in [2.45, 2.75) is 13.1 Å². The van der Waals surface area contributed by atoms with E-state index in [1.54, 1.807) is 12.1 Å². The maximum atomic E-state index is 12.0. The third kappa shape index (κ3) is 2.84. The Morgan fingerprint density at radius 3 is 3.05 bits per heavy atom. The Morgan fingerprint density at radius 1 is 1.35 bits per heavy atom. The average Bonchev–Trinajstić information content (AvgIpc) is 2.89. The molecule has 104 valence electrons. The molecule has 5 nitrogen and oxygen atoms in total. The molecule has 0 aliphatic carbocycles. The summed E-state index contributed by atoms with van der Waals surface area (Å²) >= 11 is 6.02. The van der Waals surface area contributed by atoms with Crippen molar-refractivity contribution in [2.75, 3.05) is 18.4 Å². The number of anilines is 1. The SMILES string of the molecule is O=C(CN1CCn2cncc2C1)Nc1ccccc1Cl. The highest BCUT2D eigenvalue weighted by Gasteiger charge is 2.18. The van der Waals surface area contributed by atoms with Crippen LogP contribution in [0.5, 0.6) is 0 Å². The van der Waals surface area contributed by atoms with E-state index in [0.717, 1.165) is 25.3 Å². The van der Waals surface area contributed by atoms with Gasteiger partial charge < -0.3 is 9.88 Å². The van der Waals surface area contributed by atoms with Crippen LogP contribution in [0.1, 0.15) is 5.69 Å². The second-order valence-electron chi connectivity index (χ2n) is 4.82. The molecule has 1 amide bonds. The molecule has 0 saturated heterocycles. The summed E-state index contributed by atoms with van der Waals surface area (Å²) in [7, 11) is 0. The second kappa shape index (κ2) is 5.64. The van der Waals surface area contributed by atoms with Crippen molar-refractivity contribution < 1.29 is 4.79 Å². The summed E-state index contributed by atoms with van der Waals surface area (Å²) in [6.45, 7) is 2.82. The molecule has 0 bridgehead atoms. The van der Waals surface area contributed by atoms with Gasteiger partial charge in [0.05, 0.1) is 29.3 Å². The van der Waals surface area contributed by atoms with Crippen molar-refractivity contribution in [3.8, 4) is 0 Å². The maximum Gasteiger partial charge on any atom is 0.238 e. The van der Waals surface area contributed by atoms with Gasteiger partial charge in [-0.1, -0.05) is 23.7 Å². The number of fused-ring (bicyclic) bond motifs is 1. The zero-order valence-corrected chi connectivity index (χ0v) is 11.7. The number of carbonyl (C=O) groups is 1. The van der Waals surface area contributed by atoms with E-state index < -0.39 is 0 Å². The van der Waals surface area contributed by atoms with Crippen molar-refractivity contribution in [1.29, 1.82) is 0 Å². The number of amides is 1. The molecule has 1 aliphatic rings. The van der Waals surface area contributed by atoms with Gasteiger partial charge in [-0.05, 0) is 12.1 Å². The predicted octanol–water partition coefficient (Wildman–Crippen LogP) is 1.99. The molecule has 20 heavy (non-hydrogen) atoms. The summed E-state index contributed by atoms with van der Waals surface area (Å²) in [6.07, 6.45) is 3.68. The fourth-order valence-corrected chi connectivity index (χ4v) is 2.51. The molecule has 2 heterocycles. The van der Waals surface area contributed by atoms with E-state index >= 15 is 0 Å². The fraction of sp³-hybridized carbons (Fsp3) is 0.286. The molecule has 0 radical (unpaired) electrons. The van der Waals surface area contributed by atoms with Crippen LogP contribution in [0.3, 0.4) is 0 Å². The van der Waals surface area contributed by atoms with Crippen molar-refractivity contribution in [3.05, 3.63) is 47.5 Å². The highest BCUT2D eigenvalue weighted by molar-refractivity contribution is 6.33. The Kier molecular flexibility index (Phi) is 3.71. The molecule has 0 saturated carbocycles. The first-order valence-corrected chi connectivity index (χ1v) is 6.86. The van der Waals surface area contributed by atoms with Crippen LogP contribution in [0.15, 0.2) is 36.8 Å². The van der Waals surface area contributed by atoms with E-state index in [-0.39, 0.29) is 5.91 Å². The molecule has 2 aromatic rings. The van der Waals surface area contributed by atoms with Gasteiger partial charge in [-0.15, -0.1) is 0 Å². The largest absolute Gasteiger partial charge is 0.332 e. The molecular formula is C14H15ClN4O. The van der Waals surface area contributed by atoms with Gasteiger partial charge in [0.15, 0.2) is 0 Å². The average molecular weight is 291 g/mol. The zero-order valence-electron chi connectivity index (χ0n) is 10.9. The highest BCUT2D eigenvalue weighted by Crippen LogP contribution is 2.20. The van der Waals surface area contributed by atoms with Crippen molar-refractivity contribution in [3.63, 3.8) is 0 Å². The minimum atomic E-state index is -0.0499. The zero-order chi connectivity index (χ0) is 13.9. The van der Waals surface area contributed by atoms with Crippen LogP contribution in [0.25, 0.3) is 0 Å². The van der Waals surface area contributed by atoms with Gasteiger partial charge in [-0.2, -0.15) is 0 Å². The van der Waals surface area contributed by atoms with Crippen molar-refractivity contribution in [1.82, 2.24) is 14.5 Å². The lowest BCUT2D eigenvalue weighted by atomic mass is 10.3. The smallest absolute Gasteiger partial charge is 0.238 e. The first-order valence-electron chi connectivity index (χ1n) is 6.48. The number of aromatic nitrogens is 2. The first-order chi connectivity index (χ1) is 9.72. The van der Waals surface area contributed by atoms with Gasteiger partial charge in [-0.3, -0.25) is 9.69 Å². The third-order valence-corrected chi connectivity index (χ3v) is 3.69. The van der Waals surface area contributed by atoms with Gasteiger partial charge >= 0.3 is 0 Å². The van der Waals surface area contributed by atoms with E-state index in [0.29, 0.717) is 17.3 Å². The summed E-state index contributed by atoms with van der Waals surface area (Å²) < 4.78 is 2.11. The molecule has 0 atom stereocenters. The Labute approximate surface area is 122 Å². The van der Waals surface area contributed by atoms with E-state index in [1.165, 1.54) is 0 Å². The van der Waals surface area contributed by atoms with Gasteiger partial charge in [0.2, 0.25) is 5.91 Å². The molecule has 0 spiro atoms. The van der Waals surface area contributed by atoms with Gasteiger partial charge in [0.1, 0.15) is 0 Å². The normalized spacial score (nSPS) is 14.8. The predicted molar refractivity (Wildman–Crippen MR) is 77.6 cm³/mol. The summed E-state index contributed by atoms with van der Waals surface area (Å²) in [5.41, 5.74) is 1.79. The van der Waals surface area contributed by atoms with E-state index in [1.807, 2.05) is 24.7 Å². The number of nitrogens with one attached hydrogen (secondary N) is 1. The van der Waals surface area contributed by atoms with Crippen LogP contribution in [0.4, 0.5) is 5.69 Å². The lowest BCUT2D eigenvalue weighted by Gasteiger charge is -2.27. The lowest BCUT2D eigenvalue weighted by molar-refractivity contribution is -0.117. The van der Waals surface area contributed by atoms with Gasteiger partial charge in [0.25, 0.3) is 0 Å². The van der Waals surface area contributed by atoms with Crippen LogP contribution in [-0.4, -0.2) is 33.4 Å². The molecule has 1 aromatic carbocycles. The number of rotatable bonds is 3. The van der Waals surface area contributed by atoms with Gasteiger partial charge in [-0.25, -0.2) is 4.98 Å². The molecule has 0 fully saturated rings.